The average Bonchev–Trinajstić information content (AvgIpc) is 3.30. The van der Waals surface area contributed by atoms with Crippen molar-refractivity contribution in [2.24, 2.45) is 0 Å². The zero-order valence-corrected chi connectivity index (χ0v) is 19.6. The molecule has 0 bridgehead atoms. The van der Waals surface area contributed by atoms with E-state index in [1.807, 2.05) is 18.4 Å². The first-order valence-electron chi connectivity index (χ1n) is 9.22. The third-order valence-corrected chi connectivity index (χ3v) is 8.67. The fourth-order valence-electron chi connectivity index (χ4n) is 3.43. The van der Waals surface area contributed by atoms with Crippen LogP contribution in [0.1, 0.15) is 29.3 Å². The third-order valence-electron chi connectivity index (χ3n) is 5.43. The molecule has 4 rings (SSSR count). The van der Waals surface area contributed by atoms with Crippen molar-refractivity contribution in [1.29, 1.82) is 0 Å². The minimum Gasteiger partial charge on any atom is -0.255 e. The van der Waals surface area contributed by atoms with Gasteiger partial charge in [0.15, 0.2) is 0 Å². The van der Waals surface area contributed by atoms with Crippen LogP contribution >= 0.6 is 11.3 Å². The van der Waals surface area contributed by atoms with Crippen LogP contribution in [0.5, 0.6) is 0 Å². The van der Waals surface area contributed by atoms with Gasteiger partial charge < -0.3 is 0 Å². The summed E-state index contributed by atoms with van der Waals surface area (Å²) in [5, 5.41) is 5.53. The van der Waals surface area contributed by atoms with Gasteiger partial charge in [0, 0.05) is 23.9 Å². The highest BCUT2D eigenvalue weighted by molar-refractivity contribution is 7.85. The largest absolute Gasteiger partial charge is 0.255 e. The second-order valence-corrected chi connectivity index (χ2v) is 11.0. The highest BCUT2D eigenvalue weighted by atomic mass is 32.2. The molecule has 0 amide bonds. The predicted octanol–water partition coefficient (Wildman–Crippen LogP) is 4.10. The maximum absolute atomic E-state index is 13.1. The summed E-state index contributed by atoms with van der Waals surface area (Å²) in [7, 11) is -2.32. The lowest BCUT2D eigenvalue weighted by Gasteiger charge is -2.12. The lowest BCUT2D eigenvalue weighted by atomic mass is 10.0. The summed E-state index contributed by atoms with van der Waals surface area (Å²) in [6.07, 6.45) is 3.24. The van der Waals surface area contributed by atoms with E-state index in [1.165, 1.54) is 22.5 Å². The highest BCUT2D eigenvalue weighted by Gasteiger charge is 2.25. The van der Waals surface area contributed by atoms with Crippen LogP contribution < -0.4 is 0 Å². The molecule has 0 aliphatic rings. The number of rotatable bonds is 4. The average molecular weight is 447 g/mol. The Hall–Kier alpha value is -1.97. The van der Waals surface area contributed by atoms with Crippen LogP contribution in [-0.2, 0) is 21.6 Å². The maximum atomic E-state index is 13.1. The van der Waals surface area contributed by atoms with Crippen molar-refractivity contribution in [2.75, 3.05) is 12.0 Å². The van der Waals surface area contributed by atoms with E-state index in [4.69, 9.17) is 10.1 Å². The van der Waals surface area contributed by atoms with Gasteiger partial charge >= 0.3 is 0 Å². The molecule has 0 aliphatic heterocycles. The first kappa shape index (κ1) is 20.3. The zero-order valence-electron chi connectivity index (χ0n) is 17.2. The summed E-state index contributed by atoms with van der Waals surface area (Å²) < 4.78 is 26.8. The second-order valence-electron chi connectivity index (χ2n) is 7.00. The van der Waals surface area contributed by atoms with Crippen LogP contribution in [0.4, 0.5) is 0 Å². The number of aryl methyl sites for hydroxylation is 2. The van der Waals surface area contributed by atoms with E-state index in [9.17, 15) is 8.42 Å². The van der Waals surface area contributed by atoms with Crippen molar-refractivity contribution in [3.05, 3.63) is 34.6 Å². The quantitative estimate of drug-likeness (QED) is 0.472. The number of hydrogen-bond acceptors (Lipinski definition) is 6. The molecule has 9 heteroatoms. The van der Waals surface area contributed by atoms with Gasteiger partial charge in [-0.25, -0.2) is 14.5 Å². The van der Waals surface area contributed by atoms with Gasteiger partial charge in [-0.15, -0.1) is 0 Å². The number of pyridine rings is 2. The summed E-state index contributed by atoms with van der Waals surface area (Å²) >= 11 is 1.42. The van der Waals surface area contributed by atoms with E-state index in [-0.39, 0.29) is 0 Å². The second kappa shape index (κ2) is 7.37. The smallest absolute Gasteiger partial charge is 0.147 e. The highest BCUT2D eigenvalue weighted by Crippen LogP contribution is 2.37. The fraction of sp³-hybridized carbons (Fsp3) is 0.350. The van der Waals surface area contributed by atoms with Gasteiger partial charge in [0.2, 0.25) is 0 Å². The number of fused-ring (bicyclic) bond motifs is 2. The SMILES string of the molecule is CCS(=O)c1c(-c2nc3cc(S(C)=O)cnc3s2)nn2c(C)c(C)c(C)c(C)c12. The lowest BCUT2D eigenvalue weighted by Crippen LogP contribution is -2.03. The summed E-state index contributed by atoms with van der Waals surface area (Å²) in [6.45, 7) is 10.2. The molecule has 4 aromatic rings. The van der Waals surface area contributed by atoms with Gasteiger partial charge in [-0.05, 0) is 50.5 Å². The molecule has 0 spiro atoms. The molecule has 0 N–H and O–H groups in total. The molecule has 4 aromatic heterocycles. The maximum Gasteiger partial charge on any atom is 0.147 e. The Bertz CT molecular complexity index is 1340. The molecule has 152 valence electrons. The standard InChI is InChI=1S/C20H22N4O2S3/c1-7-29(26)18-16(23-24-13(5)11(3)10(2)12(4)17(18)24)20-22-15-8-14(28(6)25)9-21-19(15)27-20/h8-9H,7H2,1-6H3. The summed E-state index contributed by atoms with van der Waals surface area (Å²) in [4.78, 5) is 11.2. The minimum absolute atomic E-state index is 0.502. The molecule has 2 atom stereocenters. The van der Waals surface area contributed by atoms with E-state index >= 15 is 0 Å². The van der Waals surface area contributed by atoms with E-state index in [0.29, 0.717) is 26.9 Å². The first-order chi connectivity index (χ1) is 13.7. The molecule has 4 heterocycles. The summed E-state index contributed by atoms with van der Waals surface area (Å²) in [6, 6.07) is 1.80. The molecule has 2 unspecified atom stereocenters. The molecule has 0 saturated heterocycles. The number of nitrogens with zero attached hydrogens (tertiary/aromatic N) is 4. The van der Waals surface area contributed by atoms with Gasteiger partial charge in [-0.1, -0.05) is 18.3 Å². The lowest BCUT2D eigenvalue weighted by molar-refractivity contribution is 0.684. The summed E-state index contributed by atoms with van der Waals surface area (Å²) in [5.41, 5.74) is 6.73. The molecule has 6 nitrogen and oxygen atoms in total. The number of aromatic nitrogens is 4. The Morgan fingerprint density at radius 1 is 1.10 bits per heavy atom. The Morgan fingerprint density at radius 2 is 1.83 bits per heavy atom. The fourth-order valence-corrected chi connectivity index (χ4v) is 5.95. The van der Waals surface area contributed by atoms with E-state index < -0.39 is 21.6 Å². The van der Waals surface area contributed by atoms with E-state index in [2.05, 4.69) is 25.8 Å². The molecule has 0 fully saturated rings. The normalized spacial score (nSPS) is 14.0. The van der Waals surface area contributed by atoms with Crippen LogP contribution in [0.2, 0.25) is 0 Å². The van der Waals surface area contributed by atoms with Crippen molar-refractivity contribution in [1.82, 2.24) is 19.6 Å². The van der Waals surface area contributed by atoms with Gasteiger partial charge in [0.1, 0.15) is 21.0 Å². The van der Waals surface area contributed by atoms with Crippen molar-refractivity contribution < 1.29 is 8.42 Å². The van der Waals surface area contributed by atoms with Crippen LogP contribution in [0, 0.1) is 27.7 Å². The van der Waals surface area contributed by atoms with Crippen LogP contribution in [0.15, 0.2) is 22.1 Å². The van der Waals surface area contributed by atoms with Gasteiger partial charge in [0.25, 0.3) is 0 Å². The van der Waals surface area contributed by atoms with Crippen LogP contribution in [0.25, 0.3) is 26.6 Å². The first-order valence-corrected chi connectivity index (χ1v) is 12.9. The van der Waals surface area contributed by atoms with Gasteiger partial charge in [-0.2, -0.15) is 5.10 Å². The van der Waals surface area contributed by atoms with Crippen LogP contribution in [0.3, 0.4) is 0 Å². The monoisotopic (exact) mass is 446 g/mol. The van der Waals surface area contributed by atoms with Crippen LogP contribution in [-0.4, -0.2) is 40.0 Å². The van der Waals surface area contributed by atoms with Crippen molar-refractivity contribution in [3.8, 4) is 10.7 Å². The number of thiazole rings is 1. The summed E-state index contributed by atoms with van der Waals surface area (Å²) in [5.74, 6) is 0.502. The minimum atomic E-state index is -1.20. The Morgan fingerprint density at radius 3 is 2.48 bits per heavy atom. The number of hydrogen-bond donors (Lipinski definition) is 0. The topological polar surface area (TPSA) is 77.2 Å². The Balaban J connectivity index is 2.07. The van der Waals surface area contributed by atoms with E-state index in [0.717, 1.165) is 26.5 Å². The Labute approximate surface area is 178 Å². The molecule has 0 aliphatic carbocycles. The Kier molecular flexibility index (Phi) is 5.16. The molecular formula is C20H22N4O2S3. The predicted molar refractivity (Wildman–Crippen MR) is 120 cm³/mol. The van der Waals surface area contributed by atoms with E-state index in [1.54, 1.807) is 18.5 Å². The molecule has 0 aromatic carbocycles. The van der Waals surface area contributed by atoms with Crippen molar-refractivity contribution in [2.45, 2.75) is 44.4 Å². The van der Waals surface area contributed by atoms with Gasteiger partial charge in [-0.3, -0.25) is 8.42 Å². The van der Waals surface area contributed by atoms with Crippen molar-refractivity contribution in [3.63, 3.8) is 0 Å². The zero-order chi connectivity index (χ0) is 21.0. The van der Waals surface area contributed by atoms with Crippen molar-refractivity contribution >= 4 is 48.8 Å². The third kappa shape index (κ3) is 3.15. The molecule has 0 saturated carbocycles. The molecule has 29 heavy (non-hydrogen) atoms. The molecule has 0 radical (unpaired) electrons. The van der Waals surface area contributed by atoms with Gasteiger partial charge in [0.05, 0.1) is 36.9 Å². The molecular weight excluding hydrogens is 424 g/mol.